The maximum absolute atomic E-state index is 11.6. The topological polar surface area (TPSA) is 57.2 Å². The van der Waals surface area contributed by atoms with Gasteiger partial charge in [0.25, 0.3) is 5.91 Å². The fraction of sp³-hybridized carbons (Fsp3) is 0.0769. The number of carbonyl (C=O) groups excluding carboxylic acids is 1. The summed E-state index contributed by atoms with van der Waals surface area (Å²) in [6, 6.07) is 11.1. The van der Waals surface area contributed by atoms with E-state index in [0.717, 1.165) is 11.3 Å². The Hall–Kier alpha value is -2.36. The Morgan fingerprint density at radius 2 is 2.06 bits per heavy atom. The molecule has 4 heteroatoms. The van der Waals surface area contributed by atoms with Gasteiger partial charge in [-0.3, -0.25) is 4.79 Å². The van der Waals surface area contributed by atoms with Crippen molar-refractivity contribution in [1.82, 2.24) is 10.4 Å². The first-order valence-electron chi connectivity index (χ1n) is 5.29. The van der Waals surface area contributed by atoms with Crippen LogP contribution < -0.4 is 5.43 Å². The summed E-state index contributed by atoms with van der Waals surface area (Å²) in [5, 5.41) is 3.86. The smallest absolute Gasteiger partial charge is 0.271 e. The molecule has 0 saturated heterocycles. The number of hydrogen-bond acceptors (Lipinski definition) is 2. The Kier molecular flexibility index (Phi) is 3.35. The molecule has 0 unspecified atom stereocenters. The largest absolute Gasteiger partial charge is 0.360 e. The van der Waals surface area contributed by atoms with Crippen LogP contribution in [0.25, 0.3) is 0 Å². The molecule has 1 aromatic heterocycles. The normalized spacial score (nSPS) is 10.6. The number of hydrazone groups is 1. The number of hydrogen-bond donors (Lipinski definition) is 2. The maximum atomic E-state index is 11.6. The third kappa shape index (κ3) is 3.04. The lowest BCUT2D eigenvalue weighted by molar-refractivity contribution is 0.0955. The molecule has 1 heterocycles. The number of rotatable bonds is 3. The second kappa shape index (κ2) is 5.12. The Morgan fingerprint density at radius 3 is 2.71 bits per heavy atom. The lowest BCUT2D eigenvalue weighted by Gasteiger charge is -1.99. The van der Waals surface area contributed by atoms with Gasteiger partial charge in [-0.15, -0.1) is 0 Å². The Balaban J connectivity index is 1.96. The summed E-state index contributed by atoms with van der Waals surface area (Å²) >= 11 is 0. The molecule has 0 bridgehead atoms. The third-order valence-electron chi connectivity index (χ3n) is 2.31. The average molecular weight is 227 g/mol. The van der Waals surface area contributed by atoms with E-state index in [-0.39, 0.29) is 5.91 Å². The summed E-state index contributed by atoms with van der Waals surface area (Å²) in [7, 11) is 0. The number of nitrogens with zero attached hydrogens (tertiary/aromatic N) is 1. The van der Waals surface area contributed by atoms with Crippen molar-refractivity contribution < 1.29 is 4.79 Å². The van der Waals surface area contributed by atoms with E-state index in [2.05, 4.69) is 15.5 Å². The van der Waals surface area contributed by atoms with Gasteiger partial charge in [0.2, 0.25) is 0 Å². The van der Waals surface area contributed by atoms with E-state index in [1.165, 1.54) is 0 Å². The molecule has 1 amide bonds. The van der Waals surface area contributed by atoms with Crippen LogP contribution in [0.2, 0.25) is 0 Å². The molecular formula is C13H13N3O. The molecule has 0 atom stereocenters. The quantitative estimate of drug-likeness (QED) is 0.612. The summed E-state index contributed by atoms with van der Waals surface area (Å²) in [6.07, 6.45) is 3.36. The number of benzene rings is 1. The highest BCUT2D eigenvalue weighted by Gasteiger charge is 2.02. The predicted octanol–water partition coefficient (Wildman–Crippen LogP) is 2.09. The van der Waals surface area contributed by atoms with Crippen LogP contribution >= 0.6 is 0 Å². The first kappa shape index (κ1) is 11.1. The highest BCUT2D eigenvalue weighted by molar-refractivity contribution is 5.94. The molecule has 0 spiro atoms. The van der Waals surface area contributed by atoms with Crippen LogP contribution in [-0.2, 0) is 0 Å². The van der Waals surface area contributed by atoms with Gasteiger partial charge in [0.1, 0.15) is 0 Å². The van der Waals surface area contributed by atoms with Crippen LogP contribution in [0.3, 0.4) is 0 Å². The standard InChI is InChI=1S/C13H13N3O/c1-10-4-6-11(7-5-10)13(17)16-15-9-12-3-2-8-14-12/h2-9,14H,1H3,(H,16,17)/b15-9+. The van der Waals surface area contributed by atoms with E-state index in [9.17, 15) is 4.79 Å². The minimum absolute atomic E-state index is 0.215. The number of amides is 1. The molecule has 0 aliphatic carbocycles. The second-order valence-corrected chi connectivity index (χ2v) is 3.69. The van der Waals surface area contributed by atoms with Crippen LogP contribution in [-0.4, -0.2) is 17.1 Å². The Labute approximate surface area is 99.4 Å². The average Bonchev–Trinajstić information content (AvgIpc) is 2.83. The summed E-state index contributed by atoms with van der Waals surface area (Å²) in [4.78, 5) is 14.6. The Bertz CT molecular complexity index is 512. The van der Waals surface area contributed by atoms with Crippen LogP contribution in [0.4, 0.5) is 0 Å². The zero-order valence-corrected chi connectivity index (χ0v) is 9.47. The molecule has 0 aliphatic heterocycles. The maximum Gasteiger partial charge on any atom is 0.271 e. The molecule has 0 saturated carbocycles. The van der Waals surface area contributed by atoms with E-state index in [0.29, 0.717) is 5.56 Å². The zero-order chi connectivity index (χ0) is 12.1. The van der Waals surface area contributed by atoms with Gasteiger partial charge in [-0.25, -0.2) is 5.43 Å². The van der Waals surface area contributed by atoms with Gasteiger partial charge in [0, 0.05) is 11.8 Å². The number of H-pyrrole nitrogens is 1. The van der Waals surface area contributed by atoms with Crippen molar-refractivity contribution in [3.8, 4) is 0 Å². The predicted molar refractivity (Wildman–Crippen MR) is 67.0 cm³/mol. The van der Waals surface area contributed by atoms with Gasteiger partial charge in [-0.05, 0) is 31.2 Å². The molecule has 4 nitrogen and oxygen atoms in total. The number of aromatic nitrogens is 1. The van der Waals surface area contributed by atoms with Gasteiger partial charge in [-0.1, -0.05) is 17.7 Å². The van der Waals surface area contributed by atoms with Crippen molar-refractivity contribution in [2.24, 2.45) is 5.10 Å². The van der Waals surface area contributed by atoms with Crippen LogP contribution in [0.1, 0.15) is 21.6 Å². The van der Waals surface area contributed by atoms with Gasteiger partial charge < -0.3 is 4.98 Å². The van der Waals surface area contributed by atoms with Crippen molar-refractivity contribution in [2.45, 2.75) is 6.92 Å². The molecule has 2 N–H and O–H groups in total. The summed E-state index contributed by atoms with van der Waals surface area (Å²) in [5.41, 5.74) is 5.03. The van der Waals surface area contributed by atoms with Crippen LogP contribution in [0, 0.1) is 6.92 Å². The van der Waals surface area contributed by atoms with Crippen LogP contribution in [0.15, 0.2) is 47.7 Å². The van der Waals surface area contributed by atoms with Gasteiger partial charge in [-0.2, -0.15) is 5.10 Å². The molecular weight excluding hydrogens is 214 g/mol. The van der Waals surface area contributed by atoms with E-state index in [4.69, 9.17) is 0 Å². The number of aromatic amines is 1. The Morgan fingerprint density at radius 1 is 1.29 bits per heavy atom. The van der Waals surface area contributed by atoms with Crippen molar-refractivity contribution in [3.63, 3.8) is 0 Å². The van der Waals surface area contributed by atoms with Gasteiger partial charge in [0.05, 0.1) is 11.9 Å². The summed E-state index contributed by atoms with van der Waals surface area (Å²) < 4.78 is 0. The fourth-order valence-corrected chi connectivity index (χ4v) is 1.35. The number of carbonyl (C=O) groups is 1. The molecule has 1 aromatic carbocycles. The number of nitrogens with one attached hydrogen (secondary N) is 2. The first-order chi connectivity index (χ1) is 8.25. The fourth-order valence-electron chi connectivity index (χ4n) is 1.35. The van der Waals surface area contributed by atoms with Crippen LogP contribution in [0.5, 0.6) is 0 Å². The minimum atomic E-state index is -0.215. The van der Waals surface area contributed by atoms with Crippen molar-refractivity contribution in [3.05, 3.63) is 59.4 Å². The molecule has 0 fully saturated rings. The van der Waals surface area contributed by atoms with E-state index >= 15 is 0 Å². The monoisotopic (exact) mass is 227 g/mol. The number of aryl methyl sites for hydroxylation is 1. The molecule has 86 valence electrons. The molecule has 0 aliphatic rings. The molecule has 0 radical (unpaired) electrons. The van der Waals surface area contributed by atoms with Gasteiger partial charge in [0.15, 0.2) is 0 Å². The highest BCUT2D eigenvalue weighted by Crippen LogP contribution is 2.02. The summed E-state index contributed by atoms with van der Waals surface area (Å²) in [6.45, 7) is 1.98. The highest BCUT2D eigenvalue weighted by atomic mass is 16.2. The molecule has 2 aromatic rings. The van der Waals surface area contributed by atoms with Crippen molar-refractivity contribution in [2.75, 3.05) is 0 Å². The SMILES string of the molecule is Cc1ccc(C(=O)N/N=C/c2ccc[nH]2)cc1. The molecule has 17 heavy (non-hydrogen) atoms. The first-order valence-corrected chi connectivity index (χ1v) is 5.29. The van der Waals surface area contributed by atoms with Gasteiger partial charge >= 0.3 is 0 Å². The lowest BCUT2D eigenvalue weighted by Crippen LogP contribution is -2.17. The van der Waals surface area contributed by atoms with Crippen molar-refractivity contribution >= 4 is 12.1 Å². The second-order valence-electron chi connectivity index (χ2n) is 3.69. The lowest BCUT2D eigenvalue weighted by atomic mass is 10.1. The van der Waals surface area contributed by atoms with Crippen molar-refractivity contribution in [1.29, 1.82) is 0 Å². The molecule has 2 rings (SSSR count). The third-order valence-corrected chi connectivity index (χ3v) is 2.31. The minimum Gasteiger partial charge on any atom is -0.360 e. The van der Waals surface area contributed by atoms with E-state index in [1.54, 1.807) is 24.5 Å². The zero-order valence-electron chi connectivity index (χ0n) is 9.47. The summed E-state index contributed by atoms with van der Waals surface area (Å²) in [5.74, 6) is -0.215. The van der Waals surface area contributed by atoms with E-state index in [1.807, 2.05) is 31.2 Å². The van der Waals surface area contributed by atoms with E-state index < -0.39 is 0 Å².